The molecule has 2 heterocycles. The van der Waals surface area contributed by atoms with Crippen LogP contribution >= 0.6 is 23.2 Å². The molecular weight excluding hydrogens is 353 g/mol. The highest BCUT2D eigenvalue weighted by Crippen LogP contribution is 2.27. The van der Waals surface area contributed by atoms with Crippen molar-refractivity contribution in [3.8, 4) is 0 Å². The second-order valence-corrected chi connectivity index (χ2v) is 6.33. The van der Waals surface area contributed by atoms with Gasteiger partial charge in [0.15, 0.2) is 5.69 Å². The zero-order chi connectivity index (χ0) is 17.4. The molecular formula is C16H15Cl2N3O3. The summed E-state index contributed by atoms with van der Waals surface area (Å²) < 4.78 is 6.37. The van der Waals surface area contributed by atoms with E-state index in [1.165, 1.54) is 7.11 Å². The Labute approximate surface area is 148 Å². The molecule has 1 aromatic carbocycles. The summed E-state index contributed by atoms with van der Waals surface area (Å²) >= 11 is 12.1. The first-order chi connectivity index (χ1) is 11.4. The zero-order valence-electron chi connectivity index (χ0n) is 13.2. The molecule has 0 bridgehead atoms. The first-order valence-corrected chi connectivity index (χ1v) is 8.05. The standard InChI is InChI=1S/C16H15Cl2N3O3/c1-20-13-8-21(6-5-10(13)14(19-20)16(23)24-2)15(22)11-7-9(17)3-4-12(11)18/h3-4,7H,5-6,8H2,1-2H3. The fourth-order valence-electron chi connectivity index (χ4n) is 2.84. The van der Waals surface area contributed by atoms with E-state index >= 15 is 0 Å². The van der Waals surface area contributed by atoms with E-state index in [-0.39, 0.29) is 5.91 Å². The van der Waals surface area contributed by atoms with Crippen molar-refractivity contribution in [3.63, 3.8) is 0 Å². The number of methoxy groups -OCH3 is 1. The Balaban J connectivity index is 1.90. The van der Waals surface area contributed by atoms with Crippen molar-refractivity contribution in [1.29, 1.82) is 0 Å². The molecule has 3 rings (SSSR count). The van der Waals surface area contributed by atoms with E-state index in [9.17, 15) is 9.59 Å². The summed E-state index contributed by atoms with van der Waals surface area (Å²) in [5.41, 5.74) is 2.31. The number of benzene rings is 1. The topological polar surface area (TPSA) is 64.4 Å². The minimum absolute atomic E-state index is 0.200. The van der Waals surface area contributed by atoms with E-state index in [0.29, 0.717) is 40.8 Å². The van der Waals surface area contributed by atoms with Crippen molar-refractivity contribution >= 4 is 35.1 Å². The predicted molar refractivity (Wildman–Crippen MR) is 89.5 cm³/mol. The van der Waals surface area contributed by atoms with Crippen LogP contribution in [0.25, 0.3) is 0 Å². The van der Waals surface area contributed by atoms with Crippen LogP contribution < -0.4 is 0 Å². The summed E-state index contributed by atoms with van der Waals surface area (Å²) in [5.74, 6) is -0.668. The number of carbonyl (C=O) groups excluding carboxylic acids is 2. The number of fused-ring (bicyclic) bond motifs is 1. The molecule has 0 atom stereocenters. The average molecular weight is 368 g/mol. The van der Waals surface area contributed by atoms with E-state index < -0.39 is 5.97 Å². The van der Waals surface area contributed by atoms with Gasteiger partial charge in [0.2, 0.25) is 0 Å². The molecule has 1 amide bonds. The van der Waals surface area contributed by atoms with Gasteiger partial charge in [-0.05, 0) is 24.6 Å². The molecule has 8 heteroatoms. The second kappa shape index (κ2) is 6.45. The lowest BCUT2D eigenvalue weighted by atomic mass is 10.0. The van der Waals surface area contributed by atoms with E-state index in [4.69, 9.17) is 27.9 Å². The SMILES string of the molecule is COC(=O)c1nn(C)c2c1CCN(C(=O)c1cc(Cl)ccc1Cl)C2. The van der Waals surface area contributed by atoms with Crippen LogP contribution in [0.5, 0.6) is 0 Å². The Hall–Kier alpha value is -2.05. The van der Waals surface area contributed by atoms with Gasteiger partial charge < -0.3 is 9.64 Å². The first-order valence-electron chi connectivity index (χ1n) is 7.29. The van der Waals surface area contributed by atoms with Gasteiger partial charge in [0, 0.05) is 24.2 Å². The molecule has 0 fully saturated rings. The molecule has 126 valence electrons. The molecule has 0 radical (unpaired) electrons. The normalized spacial score (nSPS) is 13.6. The number of esters is 1. The van der Waals surface area contributed by atoms with E-state index in [1.807, 2.05) is 0 Å². The number of hydrogen-bond acceptors (Lipinski definition) is 4. The summed E-state index contributed by atoms with van der Waals surface area (Å²) in [7, 11) is 3.06. The van der Waals surface area contributed by atoms with Crippen molar-refractivity contribution in [2.75, 3.05) is 13.7 Å². The fraction of sp³-hybridized carbons (Fsp3) is 0.312. The molecule has 1 aromatic heterocycles. The number of rotatable bonds is 2. The Morgan fingerprint density at radius 1 is 1.29 bits per heavy atom. The lowest BCUT2D eigenvalue weighted by Crippen LogP contribution is -2.37. The number of aryl methyl sites for hydroxylation is 1. The highest BCUT2D eigenvalue weighted by atomic mass is 35.5. The van der Waals surface area contributed by atoms with Gasteiger partial charge >= 0.3 is 5.97 Å². The van der Waals surface area contributed by atoms with Gasteiger partial charge in [-0.1, -0.05) is 23.2 Å². The molecule has 6 nitrogen and oxygen atoms in total. The average Bonchev–Trinajstić information content (AvgIpc) is 2.92. The van der Waals surface area contributed by atoms with Crippen molar-refractivity contribution in [1.82, 2.24) is 14.7 Å². The molecule has 1 aliphatic heterocycles. The Morgan fingerprint density at radius 3 is 2.75 bits per heavy atom. The van der Waals surface area contributed by atoms with E-state index in [2.05, 4.69) is 5.10 Å². The molecule has 0 spiro atoms. The van der Waals surface area contributed by atoms with Gasteiger partial charge in [-0.15, -0.1) is 0 Å². The highest BCUT2D eigenvalue weighted by Gasteiger charge is 2.30. The lowest BCUT2D eigenvalue weighted by Gasteiger charge is -2.28. The minimum Gasteiger partial charge on any atom is -0.464 e. The van der Waals surface area contributed by atoms with Crippen LogP contribution in [0.15, 0.2) is 18.2 Å². The molecule has 2 aromatic rings. The molecule has 0 aliphatic carbocycles. The maximum absolute atomic E-state index is 12.8. The smallest absolute Gasteiger partial charge is 0.358 e. The minimum atomic E-state index is -0.468. The highest BCUT2D eigenvalue weighted by molar-refractivity contribution is 6.35. The van der Waals surface area contributed by atoms with Gasteiger partial charge in [-0.2, -0.15) is 5.10 Å². The summed E-state index contributed by atoms with van der Waals surface area (Å²) in [5, 5.41) is 5.03. The molecule has 0 unspecified atom stereocenters. The monoisotopic (exact) mass is 367 g/mol. The van der Waals surface area contributed by atoms with E-state index in [0.717, 1.165) is 11.3 Å². The number of ether oxygens (including phenoxy) is 1. The zero-order valence-corrected chi connectivity index (χ0v) is 14.7. The first kappa shape index (κ1) is 16.8. The van der Waals surface area contributed by atoms with Crippen molar-refractivity contribution in [3.05, 3.63) is 50.8 Å². The summed E-state index contributed by atoms with van der Waals surface area (Å²) in [6.07, 6.45) is 0.525. The molecule has 0 saturated carbocycles. The maximum atomic E-state index is 12.8. The molecule has 0 saturated heterocycles. The van der Waals surface area contributed by atoms with E-state index in [1.54, 1.807) is 34.8 Å². The van der Waals surface area contributed by atoms with Crippen LogP contribution in [0.1, 0.15) is 32.1 Å². The third kappa shape index (κ3) is 2.87. The van der Waals surface area contributed by atoms with Gasteiger partial charge in [0.1, 0.15) is 0 Å². The van der Waals surface area contributed by atoms with Crippen LogP contribution in [0, 0.1) is 0 Å². The molecule has 24 heavy (non-hydrogen) atoms. The van der Waals surface area contributed by atoms with Gasteiger partial charge in [0.05, 0.1) is 29.9 Å². The lowest BCUT2D eigenvalue weighted by molar-refractivity contribution is 0.0591. The largest absolute Gasteiger partial charge is 0.464 e. The summed E-state index contributed by atoms with van der Waals surface area (Å²) in [4.78, 5) is 26.2. The van der Waals surface area contributed by atoms with Crippen molar-refractivity contribution in [2.45, 2.75) is 13.0 Å². The third-order valence-corrected chi connectivity index (χ3v) is 4.64. The van der Waals surface area contributed by atoms with Crippen LogP contribution in [0.2, 0.25) is 10.0 Å². The van der Waals surface area contributed by atoms with Crippen LogP contribution in [0.3, 0.4) is 0 Å². The second-order valence-electron chi connectivity index (χ2n) is 5.49. The predicted octanol–water partition coefficient (Wildman–Crippen LogP) is 2.71. The Bertz CT molecular complexity index is 832. The van der Waals surface area contributed by atoms with Gasteiger partial charge in [0.25, 0.3) is 5.91 Å². The van der Waals surface area contributed by atoms with Crippen molar-refractivity contribution < 1.29 is 14.3 Å². The maximum Gasteiger partial charge on any atom is 0.358 e. The number of nitrogens with zero attached hydrogens (tertiary/aromatic N) is 3. The van der Waals surface area contributed by atoms with Crippen molar-refractivity contribution in [2.24, 2.45) is 7.05 Å². The number of hydrogen-bond donors (Lipinski definition) is 0. The van der Waals surface area contributed by atoms with Crippen LogP contribution in [0.4, 0.5) is 0 Å². The van der Waals surface area contributed by atoms with Gasteiger partial charge in [-0.25, -0.2) is 4.79 Å². The Kier molecular flexibility index (Phi) is 4.51. The number of carbonyl (C=O) groups is 2. The number of amides is 1. The van der Waals surface area contributed by atoms with Crippen LogP contribution in [-0.4, -0.2) is 40.2 Å². The molecule has 0 N–H and O–H groups in total. The summed E-state index contributed by atoms with van der Waals surface area (Å²) in [6.45, 7) is 0.807. The number of halogens is 2. The Morgan fingerprint density at radius 2 is 2.04 bits per heavy atom. The quantitative estimate of drug-likeness (QED) is 0.765. The molecule has 1 aliphatic rings. The van der Waals surface area contributed by atoms with Gasteiger partial charge in [-0.3, -0.25) is 9.48 Å². The summed E-state index contributed by atoms with van der Waals surface area (Å²) in [6, 6.07) is 4.80. The third-order valence-electron chi connectivity index (χ3n) is 4.07. The van der Waals surface area contributed by atoms with Crippen LogP contribution in [-0.2, 0) is 24.8 Å². The fourth-order valence-corrected chi connectivity index (χ4v) is 3.21. The number of aromatic nitrogens is 2.